The van der Waals surface area contributed by atoms with Crippen molar-refractivity contribution < 1.29 is 9.26 Å². The number of H-pyrrole nitrogens is 1. The van der Waals surface area contributed by atoms with Gasteiger partial charge in [0.25, 0.3) is 0 Å². The van der Waals surface area contributed by atoms with Crippen LogP contribution in [0.2, 0.25) is 0 Å². The topological polar surface area (TPSA) is 76.3 Å². The first kappa shape index (κ1) is 18.4. The largest absolute Gasteiger partial charge is 0.496 e. The van der Waals surface area contributed by atoms with Gasteiger partial charge in [-0.3, -0.25) is 9.98 Å². The maximum absolute atomic E-state index is 5.82. The second kappa shape index (κ2) is 6.54. The number of hydrogen-bond donors (Lipinski definition) is 1. The molecule has 4 aromatic rings. The molecule has 3 aromatic heterocycles. The molecule has 31 heavy (non-hydrogen) atoms. The van der Waals surface area contributed by atoms with E-state index in [0.29, 0.717) is 5.92 Å². The van der Waals surface area contributed by atoms with E-state index in [1.54, 1.807) is 7.11 Å². The average molecular weight is 412 g/mol. The first-order valence-electron chi connectivity index (χ1n) is 10.7. The van der Waals surface area contributed by atoms with Gasteiger partial charge in [-0.25, -0.2) is 0 Å². The molecular weight excluding hydrogens is 388 g/mol. The van der Waals surface area contributed by atoms with Gasteiger partial charge in [-0.15, -0.1) is 0 Å². The van der Waals surface area contributed by atoms with E-state index < -0.39 is 0 Å². The molecule has 156 valence electrons. The van der Waals surface area contributed by atoms with Crippen LogP contribution in [0.5, 0.6) is 5.75 Å². The molecule has 0 unspecified atom stereocenters. The zero-order chi connectivity index (χ0) is 21.3. The van der Waals surface area contributed by atoms with Gasteiger partial charge in [0, 0.05) is 45.3 Å². The molecule has 4 heterocycles. The predicted molar refractivity (Wildman–Crippen MR) is 123 cm³/mol. The Kier molecular flexibility index (Phi) is 3.88. The first-order chi connectivity index (χ1) is 15.1. The molecule has 0 amide bonds. The Morgan fingerprint density at radius 2 is 1.97 bits per heavy atom. The molecular formula is C25H24N4O2. The van der Waals surface area contributed by atoms with Crippen molar-refractivity contribution in [1.29, 1.82) is 0 Å². The van der Waals surface area contributed by atoms with Gasteiger partial charge in [-0.2, -0.15) is 0 Å². The van der Waals surface area contributed by atoms with E-state index in [4.69, 9.17) is 19.2 Å². The van der Waals surface area contributed by atoms with Crippen molar-refractivity contribution in [1.82, 2.24) is 15.1 Å². The molecule has 1 saturated carbocycles. The standard InChI is InChI=1S/C25H24N4O2/c1-12-11-27-24(15-5-6-15)21(12)25-23-16-10-20(30-4)17(22-13(2)29-31-14(22)3)9-19(16)28-18(23)7-8-26-25/h7-10,15,28H,5-6,11H2,1-4H3. The Morgan fingerprint density at radius 3 is 2.68 bits per heavy atom. The van der Waals surface area contributed by atoms with Crippen LogP contribution in [0.1, 0.15) is 36.9 Å². The SMILES string of the molecule is COc1cc2c(cc1-c1c(C)noc1C)[nH]c1ccnc(C3=C(C)CN=C3C3CC3)c12. The third-order valence-electron chi connectivity index (χ3n) is 6.50. The summed E-state index contributed by atoms with van der Waals surface area (Å²) in [4.78, 5) is 13.3. The summed E-state index contributed by atoms with van der Waals surface area (Å²) in [6.07, 6.45) is 4.35. The first-order valence-corrected chi connectivity index (χ1v) is 10.7. The van der Waals surface area contributed by atoms with Crippen LogP contribution in [0.3, 0.4) is 0 Å². The number of methoxy groups -OCH3 is 1. The van der Waals surface area contributed by atoms with Crippen LogP contribution in [0.15, 0.2) is 39.5 Å². The maximum atomic E-state index is 5.82. The highest BCUT2D eigenvalue weighted by molar-refractivity contribution is 6.31. The van der Waals surface area contributed by atoms with Crippen LogP contribution in [-0.2, 0) is 0 Å². The molecule has 0 saturated heterocycles. The lowest BCUT2D eigenvalue weighted by atomic mass is 9.95. The molecule has 1 fully saturated rings. The number of aromatic amines is 1. The smallest absolute Gasteiger partial charge is 0.141 e. The summed E-state index contributed by atoms with van der Waals surface area (Å²) in [6.45, 7) is 6.85. The number of pyridine rings is 1. The predicted octanol–water partition coefficient (Wildman–Crippen LogP) is 5.63. The average Bonchev–Trinajstić information content (AvgIpc) is 3.32. The van der Waals surface area contributed by atoms with Crippen molar-refractivity contribution in [2.24, 2.45) is 10.9 Å². The van der Waals surface area contributed by atoms with E-state index in [1.165, 1.54) is 29.7 Å². The summed E-state index contributed by atoms with van der Waals surface area (Å²) in [5, 5.41) is 6.36. The Bertz CT molecular complexity index is 1410. The van der Waals surface area contributed by atoms with Crippen LogP contribution in [0, 0.1) is 19.8 Å². The summed E-state index contributed by atoms with van der Waals surface area (Å²) in [6, 6.07) is 6.29. The highest BCUT2D eigenvalue weighted by Crippen LogP contribution is 2.44. The number of aryl methyl sites for hydroxylation is 2. The summed E-state index contributed by atoms with van der Waals surface area (Å²) in [5.74, 6) is 2.17. The number of nitrogens with zero attached hydrogens (tertiary/aromatic N) is 3. The van der Waals surface area contributed by atoms with E-state index in [2.05, 4.69) is 29.2 Å². The molecule has 0 bridgehead atoms. The van der Waals surface area contributed by atoms with Crippen molar-refractivity contribution in [3.05, 3.63) is 47.1 Å². The Hall–Kier alpha value is -3.41. The number of fused-ring (bicyclic) bond motifs is 3. The molecule has 0 spiro atoms. The van der Waals surface area contributed by atoms with Crippen LogP contribution >= 0.6 is 0 Å². The monoisotopic (exact) mass is 412 g/mol. The minimum absolute atomic E-state index is 0.593. The Labute approximate surface area is 180 Å². The summed E-state index contributed by atoms with van der Waals surface area (Å²) < 4.78 is 11.2. The van der Waals surface area contributed by atoms with Crippen LogP contribution in [0.25, 0.3) is 38.5 Å². The van der Waals surface area contributed by atoms with Crippen molar-refractivity contribution in [2.75, 3.05) is 13.7 Å². The molecule has 0 radical (unpaired) electrons. The lowest BCUT2D eigenvalue weighted by Crippen LogP contribution is -2.04. The number of nitrogens with one attached hydrogen (secondary N) is 1. The van der Waals surface area contributed by atoms with Crippen LogP contribution < -0.4 is 4.74 Å². The van der Waals surface area contributed by atoms with Gasteiger partial charge >= 0.3 is 0 Å². The fraction of sp³-hybridized carbons (Fsp3) is 0.320. The van der Waals surface area contributed by atoms with E-state index in [0.717, 1.165) is 62.4 Å². The number of allylic oxidation sites excluding steroid dienone is 1. The van der Waals surface area contributed by atoms with Crippen molar-refractivity contribution in [3.63, 3.8) is 0 Å². The zero-order valence-electron chi connectivity index (χ0n) is 18.2. The van der Waals surface area contributed by atoms with E-state index in [9.17, 15) is 0 Å². The lowest BCUT2D eigenvalue weighted by molar-refractivity contribution is 0.393. The van der Waals surface area contributed by atoms with Crippen molar-refractivity contribution in [3.8, 4) is 16.9 Å². The molecule has 1 aromatic carbocycles. The second-order valence-electron chi connectivity index (χ2n) is 8.64. The number of aliphatic imine (C=N–C) groups is 1. The van der Waals surface area contributed by atoms with Gasteiger partial charge in [0.05, 0.1) is 36.1 Å². The normalized spacial score (nSPS) is 16.6. The van der Waals surface area contributed by atoms with Crippen LogP contribution in [0.4, 0.5) is 0 Å². The Balaban J connectivity index is 1.63. The van der Waals surface area contributed by atoms with Crippen LogP contribution in [-0.4, -0.2) is 34.5 Å². The summed E-state index contributed by atoms with van der Waals surface area (Å²) in [5.41, 5.74) is 9.73. The Morgan fingerprint density at radius 1 is 1.13 bits per heavy atom. The van der Waals surface area contributed by atoms with E-state index in [-0.39, 0.29) is 0 Å². The molecule has 6 heteroatoms. The fourth-order valence-electron chi connectivity index (χ4n) is 4.89. The molecule has 0 atom stereocenters. The summed E-state index contributed by atoms with van der Waals surface area (Å²) >= 11 is 0. The number of benzene rings is 1. The molecule has 6 nitrogen and oxygen atoms in total. The van der Waals surface area contributed by atoms with Crippen molar-refractivity contribution >= 4 is 33.1 Å². The highest BCUT2D eigenvalue weighted by Gasteiger charge is 2.34. The molecule has 1 N–H and O–H groups in total. The minimum atomic E-state index is 0.593. The van der Waals surface area contributed by atoms with Gasteiger partial charge in [0.1, 0.15) is 11.5 Å². The van der Waals surface area contributed by atoms with Gasteiger partial charge in [-0.05, 0) is 57.4 Å². The second-order valence-corrected chi connectivity index (χ2v) is 8.64. The zero-order valence-corrected chi connectivity index (χ0v) is 18.2. The number of aromatic nitrogens is 3. The van der Waals surface area contributed by atoms with E-state index in [1.807, 2.05) is 26.1 Å². The quantitative estimate of drug-likeness (QED) is 0.471. The summed E-state index contributed by atoms with van der Waals surface area (Å²) in [7, 11) is 1.71. The van der Waals surface area contributed by atoms with Gasteiger partial charge in [0.15, 0.2) is 0 Å². The lowest BCUT2D eigenvalue weighted by Gasteiger charge is -2.11. The van der Waals surface area contributed by atoms with E-state index >= 15 is 0 Å². The molecule has 1 aliphatic heterocycles. The molecule has 6 rings (SSSR count). The number of ether oxygens (including phenoxy) is 1. The minimum Gasteiger partial charge on any atom is -0.496 e. The van der Waals surface area contributed by atoms with Gasteiger partial charge in [0.2, 0.25) is 0 Å². The highest BCUT2D eigenvalue weighted by atomic mass is 16.5. The van der Waals surface area contributed by atoms with Gasteiger partial charge in [-0.1, -0.05) is 5.16 Å². The van der Waals surface area contributed by atoms with Gasteiger partial charge < -0.3 is 14.2 Å². The fourth-order valence-corrected chi connectivity index (χ4v) is 4.89. The number of hydrogen-bond acceptors (Lipinski definition) is 5. The third-order valence-corrected chi connectivity index (χ3v) is 6.50. The van der Waals surface area contributed by atoms with Crippen molar-refractivity contribution in [2.45, 2.75) is 33.6 Å². The maximum Gasteiger partial charge on any atom is 0.141 e. The number of rotatable bonds is 4. The molecule has 2 aliphatic rings. The molecule has 1 aliphatic carbocycles. The third kappa shape index (κ3) is 2.67.